The van der Waals surface area contributed by atoms with E-state index in [4.69, 9.17) is 0 Å². The molecule has 0 aromatic carbocycles. The lowest BCUT2D eigenvalue weighted by Crippen LogP contribution is -2.31. The van der Waals surface area contributed by atoms with Crippen molar-refractivity contribution in [3.63, 3.8) is 0 Å². The third-order valence-electron chi connectivity index (χ3n) is 2.35. The predicted molar refractivity (Wildman–Crippen MR) is 58.2 cm³/mol. The van der Waals surface area contributed by atoms with Gasteiger partial charge in [-0.2, -0.15) is 0 Å². The molecule has 5 heteroatoms. The highest BCUT2D eigenvalue weighted by atomic mass is 19.4. The maximum absolute atomic E-state index is 11.6. The molecule has 0 aromatic rings. The summed E-state index contributed by atoms with van der Waals surface area (Å²) in [5, 5.41) is 3.01. The van der Waals surface area contributed by atoms with E-state index in [0.29, 0.717) is 0 Å². The molecule has 98 valence electrons. The van der Waals surface area contributed by atoms with Crippen LogP contribution in [0.5, 0.6) is 0 Å². The number of alkyl halides is 3. The number of unbranched alkanes of at least 4 members (excludes halogenated alkanes) is 3. The van der Waals surface area contributed by atoms with Crippen LogP contribution < -0.4 is 5.32 Å². The Labute approximate surface area is 95.5 Å². The van der Waals surface area contributed by atoms with Gasteiger partial charge in [0.1, 0.15) is 0 Å². The number of nitrogens with one attached hydrogen (secondary N) is 1. The SMILES string of the molecule is CCCCCCC(C)NCCOC(F)(F)F. The molecule has 0 aliphatic heterocycles. The Kier molecular flexibility index (Phi) is 8.66. The van der Waals surface area contributed by atoms with Gasteiger partial charge in [0.15, 0.2) is 0 Å². The van der Waals surface area contributed by atoms with Crippen molar-refractivity contribution >= 4 is 0 Å². The van der Waals surface area contributed by atoms with E-state index in [0.717, 1.165) is 12.8 Å². The normalized spacial score (nSPS) is 14.1. The molecule has 0 aromatic heterocycles. The lowest BCUT2D eigenvalue weighted by Gasteiger charge is -2.14. The largest absolute Gasteiger partial charge is 0.522 e. The molecule has 2 nitrogen and oxygen atoms in total. The summed E-state index contributed by atoms with van der Waals surface area (Å²) >= 11 is 0. The fourth-order valence-electron chi connectivity index (χ4n) is 1.45. The molecule has 0 amide bonds. The zero-order chi connectivity index (χ0) is 12.4. The first-order valence-corrected chi connectivity index (χ1v) is 5.89. The van der Waals surface area contributed by atoms with Gasteiger partial charge in [0.25, 0.3) is 0 Å². The Morgan fingerprint density at radius 2 is 1.88 bits per heavy atom. The number of halogens is 3. The maximum Gasteiger partial charge on any atom is 0.522 e. The Morgan fingerprint density at radius 3 is 2.44 bits per heavy atom. The van der Waals surface area contributed by atoms with Crippen molar-refractivity contribution in [2.24, 2.45) is 0 Å². The van der Waals surface area contributed by atoms with Gasteiger partial charge >= 0.3 is 6.36 Å². The minimum absolute atomic E-state index is 0.244. The first-order chi connectivity index (χ1) is 7.45. The molecule has 0 aliphatic rings. The van der Waals surface area contributed by atoms with Gasteiger partial charge in [-0.15, -0.1) is 13.2 Å². The highest BCUT2D eigenvalue weighted by Gasteiger charge is 2.28. The van der Waals surface area contributed by atoms with E-state index >= 15 is 0 Å². The molecular weight excluding hydrogens is 219 g/mol. The molecule has 1 N–H and O–H groups in total. The van der Waals surface area contributed by atoms with Crippen LogP contribution >= 0.6 is 0 Å². The van der Waals surface area contributed by atoms with E-state index in [1.807, 2.05) is 6.92 Å². The Bertz CT molecular complexity index is 162. The number of ether oxygens (including phenoxy) is 1. The predicted octanol–water partition coefficient (Wildman–Crippen LogP) is 3.47. The first-order valence-electron chi connectivity index (χ1n) is 5.89. The van der Waals surface area contributed by atoms with E-state index in [2.05, 4.69) is 17.0 Å². The number of hydrogen-bond acceptors (Lipinski definition) is 2. The molecule has 0 fully saturated rings. The molecule has 0 radical (unpaired) electrons. The summed E-state index contributed by atoms with van der Waals surface area (Å²) in [7, 11) is 0. The second kappa shape index (κ2) is 8.82. The van der Waals surface area contributed by atoms with E-state index in [1.165, 1.54) is 19.3 Å². The van der Waals surface area contributed by atoms with Gasteiger partial charge in [0.2, 0.25) is 0 Å². The van der Waals surface area contributed by atoms with Gasteiger partial charge in [0.05, 0.1) is 6.61 Å². The molecule has 0 heterocycles. The van der Waals surface area contributed by atoms with Gasteiger partial charge in [-0.3, -0.25) is 4.74 Å². The van der Waals surface area contributed by atoms with Crippen LogP contribution in [0.4, 0.5) is 13.2 Å². The molecule has 0 saturated heterocycles. The van der Waals surface area contributed by atoms with Crippen LogP contribution in [-0.4, -0.2) is 25.6 Å². The van der Waals surface area contributed by atoms with Crippen molar-refractivity contribution in [2.75, 3.05) is 13.2 Å². The standard InChI is InChI=1S/C11H22F3NO/c1-3-4-5-6-7-10(2)15-8-9-16-11(12,13)14/h10,15H,3-9H2,1-2H3. The number of hydrogen-bond donors (Lipinski definition) is 1. The average molecular weight is 241 g/mol. The van der Waals surface area contributed by atoms with Crippen molar-refractivity contribution in [1.82, 2.24) is 5.32 Å². The van der Waals surface area contributed by atoms with E-state index in [9.17, 15) is 13.2 Å². The molecule has 16 heavy (non-hydrogen) atoms. The highest BCUT2D eigenvalue weighted by Crippen LogP contribution is 2.15. The molecule has 0 bridgehead atoms. The lowest BCUT2D eigenvalue weighted by molar-refractivity contribution is -0.323. The highest BCUT2D eigenvalue weighted by molar-refractivity contribution is 4.60. The molecule has 0 rings (SSSR count). The molecule has 0 aliphatic carbocycles. The molecule has 1 atom stereocenters. The zero-order valence-corrected chi connectivity index (χ0v) is 10.1. The van der Waals surface area contributed by atoms with E-state index in [-0.39, 0.29) is 19.2 Å². The van der Waals surface area contributed by atoms with Crippen LogP contribution in [0.3, 0.4) is 0 Å². The van der Waals surface area contributed by atoms with Gasteiger partial charge in [-0.1, -0.05) is 32.6 Å². The summed E-state index contributed by atoms with van der Waals surface area (Å²) in [5.74, 6) is 0. The van der Waals surface area contributed by atoms with Crippen LogP contribution in [0.2, 0.25) is 0 Å². The quantitative estimate of drug-likeness (QED) is 0.624. The fraction of sp³-hybridized carbons (Fsp3) is 1.00. The van der Waals surface area contributed by atoms with Crippen LogP contribution in [0, 0.1) is 0 Å². The van der Waals surface area contributed by atoms with E-state index < -0.39 is 6.36 Å². The zero-order valence-electron chi connectivity index (χ0n) is 10.1. The van der Waals surface area contributed by atoms with Crippen molar-refractivity contribution < 1.29 is 17.9 Å². The summed E-state index contributed by atoms with van der Waals surface area (Å²) < 4.78 is 38.5. The third-order valence-corrected chi connectivity index (χ3v) is 2.35. The summed E-state index contributed by atoms with van der Waals surface area (Å²) in [4.78, 5) is 0. The minimum Gasteiger partial charge on any atom is -0.312 e. The van der Waals surface area contributed by atoms with Crippen LogP contribution in [-0.2, 0) is 4.74 Å². The summed E-state index contributed by atoms with van der Waals surface area (Å²) in [6, 6.07) is 0.258. The maximum atomic E-state index is 11.6. The third kappa shape index (κ3) is 11.8. The Morgan fingerprint density at radius 1 is 1.19 bits per heavy atom. The Hall–Kier alpha value is -0.290. The lowest BCUT2D eigenvalue weighted by atomic mass is 10.1. The van der Waals surface area contributed by atoms with Gasteiger partial charge < -0.3 is 5.32 Å². The van der Waals surface area contributed by atoms with Crippen molar-refractivity contribution in [2.45, 2.75) is 58.4 Å². The second-order valence-corrected chi connectivity index (χ2v) is 4.00. The van der Waals surface area contributed by atoms with Crippen LogP contribution in [0.25, 0.3) is 0 Å². The summed E-state index contributed by atoms with van der Waals surface area (Å²) in [6.07, 6.45) is 1.24. The van der Waals surface area contributed by atoms with Gasteiger partial charge in [-0.25, -0.2) is 0 Å². The van der Waals surface area contributed by atoms with Crippen molar-refractivity contribution in [3.8, 4) is 0 Å². The molecule has 0 spiro atoms. The van der Waals surface area contributed by atoms with Crippen LogP contribution in [0.1, 0.15) is 46.0 Å². The molecular formula is C11H22F3NO. The number of rotatable bonds is 9. The Balaban J connectivity index is 3.27. The summed E-state index contributed by atoms with van der Waals surface area (Å²) in [6.45, 7) is 4.06. The topological polar surface area (TPSA) is 21.3 Å². The van der Waals surface area contributed by atoms with Gasteiger partial charge in [-0.05, 0) is 13.3 Å². The smallest absolute Gasteiger partial charge is 0.312 e. The van der Waals surface area contributed by atoms with Crippen molar-refractivity contribution in [1.29, 1.82) is 0 Å². The fourth-order valence-corrected chi connectivity index (χ4v) is 1.45. The first kappa shape index (κ1) is 15.7. The molecule has 0 saturated carbocycles. The summed E-state index contributed by atoms with van der Waals surface area (Å²) in [5.41, 5.74) is 0. The average Bonchev–Trinajstić information content (AvgIpc) is 2.18. The van der Waals surface area contributed by atoms with Crippen LogP contribution in [0.15, 0.2) is 0 Å². The van der Waals surface area contributed by atoms with Crippen molar-refractivity contribution in [3.05, 3.63) is 0 Å². The van der Waals surface area contributed by atoms with E-state index in [1.54, 1.807) is 0 Å². The second-order valence-electron chi connectivity index (χ2n) is 4.00. The van der Waals surface area contributed by atoms with Gasteiger partial charge in [0, 0.05) is 12.6 Å². The minimum atomic E-state index is -4.51. The molecule has 1 unspecified atom stereocenters. The monoisotopic (exact) mass is 241 g/mol.